The summed E-state index contributed by atoms with van der Waals surface area (Å²) in [6.45, 7) is 5.17. The molecule has 0 aromatic carbocycles. The molecule has 1 aliphatic rings. The van der Waals surface area contributed by atoms with Gasteiger partial charge in [0.25, 0.3) is 0 Å². The number of guanidine groups is 1. The van der Waals surface area contributed by atoms with Crippen molar-refractivity contribution in [3.63, 3.8) is 0 Å². The maximum atomic E-state index is 5.58. The van der Waals surface area contributed by atoms with Gasteiger partial charge in [-0.15, -0.1) is 0 Å². The number of nitrogens with two attached hydrogens (primary N) is 1. The van der Waals surface area contributed by atoms with Gasteiger partial charge in [0.05, 0.1) is 0 Å². The van der Waals surface area contributed by atoms with E-state index in [1.54, 1.807) is 0 Å². The molecule has 4 nitrogen and oxygen atoms in total. The lowest BCUT2D eigenvalue weighted by Crippen LogP contribution is -2.47. The zero-order chi connectivity index (χ0) is 12.7. The molecule has 1 fully saturated rings. The Kier molecular flexibility index (Phi) is 6.34. The summed E-state index contributed by atoms with van der Waals surface area (Å²) >= 11 is 0. The first-order valence-corrected chi connectivity index (χ1v) is 6.89. The molecule has 1 saturated carbocycles. The minimum absolute atomic E-state index is 0.570. The van der Waals surface area contributed by atoms with E-state index < -0.39 is 0 Å². The van der Waals surface area contributed by atoms with Crippen molar-refractivity contribution >= 4 is 5.96 Å². The molecule has 0 aliphatic heterocycles. The number of hydrogen-bond donors (Lipinski definition) is 2. The van der Waals surface area contributed by atoms with Crippen LogP contribution in [0.3, 0.4) is 0 Å². The molecule has 0 bridgehead atoms. The van der Waals surface area contributed by atoms with Crippen molar-refractivity contribution in [3.8, 4) is 0 Å². The van der Waals surface area contributed by atoms with E-state index in [-0.39, 0.29) is 0 Å². The predicted molar refractivity (Wildman–Crippen MR) is 73.7 cm³/mol. The Morgan fingerprint density at radius 1 is 1.29 bits per heavy atom. The summed E-state index contributed by atoms with van der Waals surface area (Å²) in [5.41, 5.74) is 2.75. The molecule has 0 atom stereocenters. The Morgan fingerprint density at radius 2 is 1.88 bits per heavy atom. The third-order valence-corrected chi connectivity index (χ3v) is 3.44. The number of nitrogens with zero attached hydrogens (tertiary/aromatic N) is 2. The summed E-state index contributed by atoms with van der Waals surface area (Å²) in [6.07, 6.45) is 7.93. The number of rotatable bonds is 3. The summed E-state index contributed by atoms with van der Waals surface area (Å²) in [6, 6.07) is 0.597. The van der Waals surface area contributed by atoms with Crippen LogP contribution in [0.15, 0.2) is 4.99 Å². The highest BCUT2D eigenvalue weighted by Crippen LogP contribution is 2.20. The zero-order valence-corrected chi connectivity index (χ0v) is 11.6. The van der Waals surface area contributed by atoms with Gasteiger partial charge < -0.3 is 4.90 Å². The van der Waals surface area contributed by atoms with E-state index in [9.17, 15) is 0 Å². The highest BCUT2D eigenvalue weighted by atomic mass is 15.4. The van der Waals surface area contributed by atoms with Crippen LogP contribution in [-0.4, -0.2) is 30.5 Å². The van der Waals surface area contributed by atoms with Crippen LogP contribution in [0.2, 0.25) is 0 Å². The number of nitrogens with one attached hydrogen (secondary N) is 1. The summed E-state index contributed by atoms with van der Waals surface area (Å²) in [5, 5.41) is 0. The smallest absolute Gasteiger partial charge is 0.208 e. The topological polar surface area (TPSA) is 53.6 Å². The van der Waals surface area contributed by atoms with E-state index in [1.807, 2.05) is 0 Å². The van der Waals surface area contributed by atoms with Crippen molar-refractivity contribution in [1.82, 2.24) is 10.3 Å². The van der Waals surface area contributed by atoms with E-state index in [1.165, 1.54) is 38.5 Å². The first kappa shape index (κ1) is 14.3. The average molecular weight is 240 g/mol. The molecule has 100 valence electrons. The molecule has 0 saturated heterocycles. The molecule has 3 N–H and O–H groups in total. The first-order chi connectivity index (χ1) is 8.15. The summed E-state index contributed by atoms with van der Waals surface area (Å²) < 4.78 is 0. The second-order valence-electron chi connectivity index (χ2n) is 5.46. The molecule has 0 amide bonds. The molecule has 0 aromatic rings. The SMILES string of the molecule is CC(C)CN=C(NN)N(C)C1CCCCCC1. The Labute approximate surface area is 106 Å². The standard InChI is InChI=1S/C13H28N4/c1-11(2)10-15-13(16-14)17(3)12-8-6-4-5-7-9-12/h11-12H,4-10,14H2,1-3H3,(H,15,16). The van der Waals surface area contributed by atoms with Crippen LogP contribution < -0.4 is 11.3 Å². The van der Waals surface area contributed by atoms with Crippen molar-refractivity contribution in [1.29, 1.82) is 0 Å². The van der Waals surface area contributed by atoms with Gasteiger partial charge in [0.1, 0.15) is 0 Å². The molecule has 1 rings (SSSR count). The van der Waals surface area contributed by atoms with E-state index in [4.69, 9.17) is 5.84 Å². The van der Waals surface area contributed by atoms with Gasteiger partial charge in [-0.3, -0.25) is 10.4 Å². The lowest BCUT2D eigenvalue weighted by molar-refractivity contribution is 0.319. The van der Waals surface area contributed by atoms with E-state index in [0.717, 1.165) is 12.5 Å². The summed E-state index contributed by atoms with van der Waals surface area (Å²) in [7, 11) is 2.11. The maximum absolute atomic E-state index is 5.58. The van der Waals surface area contributed by atoms with Gasteiger partial charge in [-0.05, 0) is 18.8 Å². The van der Waals surface area contributed by atoms with Crippen LogP contribution in [0.25, 0.3) is 0 Å². The second-order valence-corrected chi connectivity index (χ2v) is 5.46. The molecule has 17 heavy (non-hydrogen) atoms. The summed E-state index contributed by atoms with van der Waals surface area (Å²) in [5.74, 6) is 6.99. The van der Waals surface area contributed by atoms with Crippen LogP contribution in [0.4, 0.5) is 0 Å². The lowest BCUT2D eigenvalue weighted by atomic mass is 10.1. The zero-order valence-electron chi connectivity index (χ0n) is 11.6. The molecule has 0 aromatic heterocycles. The van der Waals surface area contributed by atoms with Gasteiger partial charge in [-0.25, -0.2) is 5.84 Å². The largest absolute Gasteiger partial charge is 0.342 e. The number of hydrazine groups is 1. The Balaban J connectivity index is 2.56. The third kappa shape index (κ3) is 4.94. The van der Waals surface area contributed by atoms with Crippen molar-refractivity contribution in [2.75, 3.05) is 13.6 Å². The fourth-order valence-electron chi connectivity index (χ4n) is 2.35. The minimum Gasteiger partial charge on any atom is -0.342 e. The minimum atomic E-state index is 0.570. The Hall–Kier alpha value is -0.770. The molecule has 4 heteroatoms. The lowest BCUT2D eigenvalue weighted by Gasteiger charge is -2.29. The van der Waals surface area contributed by atoms with E-state index in [2.05, 4.69) is 36.2 Å². The fourth-order valence-corrected chi connectivity index (χ4v) is 2.35. The molecular weight excluding hydrogens is 212 g/mol. The van der Waals surface area contributed by atoms with Crippen LogP contribution in [0, 0.1) is 5.92 Å². The predicted octanol–water partition coefficient (Wildman–Crippen LogP) is 2.12. The Morgan fingerprint density at radius 3 is 2.35 bits per heavy atom. The van der Waals surface area contributed by atoms with Crippen LogP contribution in [-0.2, 0) is 0 Å². The van der Waals surface area contributed by atoms with Gasteiger partial charge in [-0.1, -0.05) is 39.5 Å². The van der Waals surface area contributed by atoms with Crippen molar-refractivity contribution in [3.05, 3.63) is 0 Å². The summed E-state index contributed by atoms with van der Waals surface area (Å²) in [4.78, 5) is 6.78. The van der Waals surface area contributed by atoms with Crippen molar-refractivity contribution < 1.29 is 0 Å². The van der Waals surface area contributed by atoms with Gasteiger partial charge in [0, 0.05) is 19.6 Å². The molecule has 0 heterocycles. The highest BCUT2D eigenvalue weighted by molar-refractivity contribution is 5.79. The third-order valence-electron chi connectivity index (χ3n) is 3.44. The molecule has 0 unspecified atom stereocenters. The van der Waals surface area contributed by atoms with Crippen molar-refractivity contribution in [2.24, 2.45) is 16.8 Å². The van der Waals surface area contributed by atoms with Crippen molar-refractivity contribution in [2.45, 2.75) is 58.4 Å². The molecule has 1 aliphatic carbocycles. The maximum Gasteiger partial charge on any atom is 0.208 e. The molecule has 0 radical (unpaired) electrons. The Bertz CT molecular complexity index is 230. The average Bonchev–Trinajstić information content (AvgIpc) is 2.57. The van der Waals surface area contributed by atoms with Crippen LogP contribution in [0.1, 0.15) is 52.4 Å². The van der Waals surface area contributed by atoms with Gasteiger partial charge in [0.2, 0.25) is 5.96 Å². The van der Waals surface area contributed by atoms with Crippen LogP contribution >= 0.6 is 0 Å². The van der Waals surface area contributed by atoms with Gasteiger partial charge >= 0.3 is 0 Å². The molecular formula is C13H28N4. The van der Waals surface area contributed by atoms with E-state index >= 15 is 0 Å². The second kappa shape index (κ2) is 7.54. The normalized spacial score (nSPS) is 19.2. The number of hydrogen-bond acceptors (Lipinski definition) is 2. The quantitative estimate of drug-likeness (QED) is 0.261. The number of aliphatic imine (C=N–C) groups is 1. The fraction of sp³-hybridized carbons (Fsp3) is 0.923. The highest BCUT2D eigenvalue weighted by Gasteiger charge is 2.19. The first-order valence-electron chi connectivity index (χ1n) is 6.89. The molecule has 0 spiro atoms. The van der Waals surface area contributed by atoms with E-state index in [0.29, 0.717) is 12.0 Å². The van der Waals surface area contributed by atoms with Gasteiger partial charge in [-0.2, -0.15) is 0 Å². The van der Waals surface area contributed by atoms with Gasteiger partial charge in [0.15, 0.2) is 0 Å². The monoisotopic (exact) mass is 240 g/mol. The van der Waals surface area contributed by atoms with Crippen LogP contribution in [0.5, 0.6) is 0 Å².